The van der Waals surface area contributed by atoms with Gasteiger partial charge in [0.05, 0.1) is 24.9 Å². The molecule has 1 aliphatic heterocycles. The zero-order valence-corrected chi connectivity index (χ0v) is 21.3. The average Bonchev–Trinajstić information content (AvgIpc) is 3.25. The lowest BCUT2D eigenvalue weighted by atomic mass is 10.1. The molecule has 1 N–H and O–H groups in total. The number of rotatable bonds is 6. The molecular weight excluding hydrogens is 462 g/mol. The van der Waals surface area contributed by atoms with Crippen molar-refractivity contribution in [2.45, 2.75) is 39.8 Å². The first-order valence-corrected chi connectivity index (χ1v) is 11.7. The molecule has 1 fully saturated rings. The van der Waals surface area contributed by atoms with E-state index in [0.29, 0.717) is 17.3 Å². The highest BCUT2D eigenvalue weighted by atomic mass is 32.1. The second kappa shape index (κ2) is 9.87. The van der Waals surface area contributed by atoms with Crippen LogP contribution in [-0.4, -0.2) is 44.8 Å². The maximum atomic E-state index is 13.6. The van der Waals surface area contributed by atoms with Crippen molar-refractivity contribution in [1.82, 2.24) is 14.7 Å². The van der Waals surface area contributed by atoms with Crippen molar-refractivity contribution in [2.24, 2.45) is 7.05 Å². The topological polar surface area (TPSA) is 79.7 Å². The van der Waals surface area contributed by atoms with Crippen LogP contribution in [0.1, 0.15) is 28.9 Å². The molecule has 0 unspecified atom stereocenters. The van der Waals surface area contributed by atoms with Gasteiger partial charge in [-0.1, -0.05) is 12.1 Å². The highest BCUT2D eigenvalue weighted by Crippen LogP contribution is 2.29. The van der Waals surface area contributed by atoms with E-state index in [1.165, 1.54) is 4.90 Å². The lowest BCUT2D eigenvalue weighted by Gasteiger charge is -2.30. The molecular formula is C26H29N5O3S. The molecule has 0 aliphatic carbocycles. The molecule has 1 atom stereocenters. The maximum Gasteiger partial charge on any atom is 0.257 e. The molecule has 4 rings (SSSR count). The molecule has 182 valence electrons. The fourth-order valence-electron chi connectivity index (χ4n) is 4.31. The first kappa shape index (κ1) is 24.4. The Hall–Kier alpha value is -3.72. The predicted molar refractivity (Wildman–Crippen MR) is 140 cm³/mol. The van der Waals surface area contributed by atoms with Crippen LogP contribution in [0, 0.1) is 20.8 Å². The largest absolute Gasteiger partial charge is 0.497 e. The highest BCUT2D eigenvalue weighted by Gasteiger charge is 2.44. The molecule has 1 aromatic heterocycles. The predicted octanol–water partition coefficient (Wildman–Crippen LogP) is 3.89. The zero-order valence-electron chi connectivity index (χ0n) is 20.5. The van der Waals surface area contributed by atoms with E-state index in [0.717, 1.165) is 34.0 Å². The lowest BCUT2D eigenvalue weighted by molar-refractivity contribution is -0.122. The molecule has 8 nitrogen and oxygen atoms in total. The summed E-state index contributed by atoms with van der Waals surface area (Å²) in [5.74, 6) is 0.187. The third-order valence-corrected chi connectivity index (χ3v) is 6.68. The van der Waals surface area contributed by atoms with Gasteiger partial charge in [0.2, 0.25) is 5.91 Å². The van der Waals surface area contributed by atoms with Gasteiger partial charge in [0.1, 0.15) is 11.8 Å². The summed E-state index contributed by atoms with van der Waals surface area (Å²) >= 11 is 5.79. The van der Waals surface area contributed by atoms with E-state index in [2.05, 4.69) is 10.4 Å². The number of aromatic nitrogens is 2. The minimum absolute atomic E-state index is 0.0373. The SMILES string of the molecule is COc1ccc(NC(=S)N(Cc2c(C)nn(C)c2C)[C@@H]2CC(=O)N(c3cccc(C)c3)C2=O)cc1. The monoisotopic (exact) mass is 491 g/mol. The second-order valence-corrected chi connectivity index (χ2v) is 9.07. The molecule has 2 aromatic carbocycles. The van der Waals surface area contributed by atoms with Crippen molar-refractivity contribution < 1.29 is 14.3 Å². The van der Waals surface area contributed by atoms with E-state index in [1.54, 1.807) is 18.1 Å². The number of hydrogen-bond donors (Lipinski definition) is 1. The minimum atomic E-state index is -0.736. The molecule has 1 aliphatic rings. The first-order valence-electron chi connectivity index (χ1n) is 11.3. The molecule has 3 aromatic rings. The Morgan fingerprint density at radius 2 is 1.89 bits per heavy atom. The number of ether oxygens (including phenoxy) is 1. The van der Waals surface area contributed by atoms with Crippen molar-refractivity contribution in [3.63, 3.8) is 0 Å². The molecule has 0 saturated carbocycles. The third kappa shape index (κ3) is 4.90. The summed E-state index contributed by atoms with van der Waals surface area (Å²) in [7, 11) is 3.49. The Bertz CT molecular complexity index is 1280. The van der Waals surface area contributed by atoms with Crippen molar-refractivity contribution in [3.8, 4) is 5.75 Å². The van der Waals surface area contributed by atoms with Crippen molar-refractivity contribution >= 4 is 40.5 Å². The standard InChI is InChI=1S/C26H29N5O3S/c1-16-7-6-8-20(13-16)31-24(32)14-23(25(31)33)30(15-22-17(2)28-29(4)18(22)3)26(35)27-19-9-11-21(34-5)12-10-19/h6-13,23H,14-15H2,1-5H3,(H,27,35)/t23-/m1/s1. The van der Waals surface area contributed by atoms with E-state index in [-0.39, 0.29) is 18.2 Å². The van der Waals surface area contributed by atoms with E-state index in [4.69, 9.17) is 17.0 Å². The molecule has 2 heterocycles. The van der Waals surface area contributed by atoms with Gasteiger partial charge in [-0.2, -0.15) is 5.10 Å². The fourth-order valence-corrected chi connectivity index (χ4v) is 4.62. The van der Waals surface area contributed by atoms with Gasteiger partial charge in [0.25, 0.3) is 5.91 Å². The second-order valence-electron chi connectivity index (χ2n) is 8.69. The van der Waals surface area contributed by atoms with Gasteiger partial charge in [0, 0.05) is 30.5 Å². The van der Waals surface area contributed by atoms with Crippen LogP contribution in [0.5, 0.6) is 5.75 Å². The highest BCUT2D eigenvalue weighted by molar-refractivity contribution is 7.80. The van der Waals surface area contributed by atoms with Gasteiger partial charge in [-0.05, 0) is 75.0 Å². The van der Waals surface area contributed by atoms with Gasteiger partial charge in [0.15, 0.2) is 5.11 Å². The number of imide groups is 1. The van der Waals surface area contributed by atoms with Gasteiger partial charge in [-0.25, -0.2) is 4.90 Å². The summed E-state index contributed by atoms with van der Waals surface area (Å²) in [6.45, 7) is 6.19. The third-order valence-electron chi connectivity index (χ3n) is 6.35. The molecule has 0 radical (unpaired) electrons. The van der Waals surface area contributed by atoms with Gasteiger partial charge in [-0.3, -0.25) is 14.3 Å². The van der Waals surface area contributed by atoms with Gasteiger partial charge < -0.3 is 15.0 Å². The summed E-state index contributed by atoms with van der Waals surface area (Å²) in [5, 5.41) is 8.09. The Kier molecular flexibility index (Phi) is 6.88. The molecule has 0 bridgehead atoms. The van der Waals surface area contributed by atoms with E-state index in [9.17, 15) is 9.59 Å². The number of thiocarbonyl (C=S) groups is 1. The molecule has 2 amide bonds. The summed E-state index contributed by atoms with van der Waals surface area (Å²) in [6.07, 6.45) is 0.0373. The summed E-state index contributed by atoms with van der Waals surface area (Å²) in [5.41, 5.74) is 5.11. The van der Waals surface area contributed by atoms with E-state index in [1.807, 2.05) is 75.0 Å². The van der Waals surface area contributed by atoms with Crippen molar-refractivity contribution in [1.29, 1.82) is 0 Å². The van der Waals surface area contributed by atoms with Gasteiger partial charge in [-0.15, -0.1) is 0 Å². The van der Waals surface area contributed by atoms with E-state index < -0.39 is 6.04 Å². The lowest BCUT2D eigenvalue weighted by Crippen LogP contribution is -2.46. The summed E-state index contributed by atoms with van der Waals surface area (Å²) in [6, 6.07) is 14.0. The van der Waals surface area contributed by atoms with Crippen LogP contribution >= 0.6 is 12.2 Å². The number of carbonyl (C=O) groups is 2. The smallest absolute Gasteiger partial charge is 0.257 e. The number of benzene rings is 2. The summed E-state index contributed by atoms with van der Waals surface area (Å²) < 4.78 is 7.04. The summed E-state index contributed by atoms with van der Waals surface area (Å²) in [4.78, 5) is 29.7. The van der Waals surface area contributed by atoms with Crippen LogP contribution in [0.3, 0.4) is 0 Å². The number of nitrogens with one attached hydrogen (secondary N) is 1. The molecule has 1 saturated heterocycles. The Morgan fingerprint density at radius 1 is 1.17 bits per heavy atom. The number of methoxy groups -OCH3 is 1. The Morgan fingerprint density at radius 3 is 2.49 bits per heavy atom. The average molecular weight is 492 g/mol. The number of amides is 2. The van der Waals surface area contributed by atoms with Crippen LogP contribution in [-0.2, 0) is 23.2 Å². The number of nitrogens with zero attached hydrogens (tertiary/aromatic N) is 4. The minimum Gasteiger partial charge on any atom is -0.497 e. The van der Waals surface area contributed by atoms with E-state index >= 15 is 0 Å². The van der Waals surface area contributed by atoms with Crippen molar-refractivity contribution in [2.75, 3.05) is 17.3 Å². The van der Waals surface area contributed by atoms with Crippen LogP contribution in [0.15, 0.2) is 48.5 Å². The maximum absolute atomic E-state index is 13.6. The van der Waals surface area contributed by atoms with Crippen molar-refractivity contribution in [3.05, 3.63) is 71.0 Å². The Labute approximate surface area is 210 Å². The number of carbonyl (C=O) groups excluding carboxylic acids is 2. The van der Waals surface area contributed by atoms with Crippen LogP contribution in [0.4, 0.5) is 11.4 Å². The zero-order chi connectivity index (χ0) is 25.3. The number of hydrogen-bond acceptors (Lipinski definition) is 5. The fraction of sp³-hybridized carbons (Fsp3) is 0.308. The van der Waals surface area contributed by atoms with Crippen LogP contribution in [0.25, 0.3) is 0 Å². The Balaban J connectivity index is 1.67. The first-order chi connectivity index (χ1) is 16.7. The number of aryl methyl sites for hydroxylation is 3. The molecule has 35 heavy (non-hydrogen) atoms. The normalized spacial score (nSPS) is 15.5. The molecule has 9 heteroatoms. The van der Waals surface area contributed by atoms with Crippen LogP contribution < -0.4 is 15.0 Å². The quantitative estimate of drug-likeness (QED) is 0.414. The van der Waals surface area contributed by atoms with Crippen LogP contribution in [0.2, 0.25) is 0 Å². The van der Waals surface area contributed by atoms with Gasteiger partial charge >= 0.3 is 0 Å². The molecule has 0 spiro atoms. The number of anilines is 2.